The van der Waals surface area contributed by atoms with Crippen molar-refractivity contribution < 1.29 is 15.3 Å². The summed E-state index contributed by atoms with van der Waals surface area (Å²) >= 11 is 0. The van der Waals surface area contributed by atoms with Crippen molar-refractivity contribution in [3.05, 3.63) is 53.1 Å². The van der Waals surface area contributed by atoms with Crippen LogP contribution in [0.1, 0.15) is 16.7 Å². The molecule has 0 aliphatic rings. The van der Waals surface area contributed by atoms with Gasteiger partial charge < -0.3 is 15.3 Å². The predicted molar refractivity (Wildman–Crippen MR) is 72.1 cm³/mol. The predicted octanol–water partition coefficient (Wildman–Crippen LogP) is 3.42. The van der Waals surface area contributed by atoms with E-state index in [2.05, 4.69) is 0 Å². The van der Waals surface area contributed by atoms with Crippen molar-refractivity contribution in [1.29, 1.82) is 0 Å². The van der Waals surface area contributed by atoms with Crippen LogP contribution in [-0.2, 0) is 0 Å². The highest BCUT2D eigenvalue weighted by Crippen LogP contribution is 2.23. The average Bonchev–Trinajstić information content (AvgIpc) is 2.32. The lowest BCUT2D eigenvalue weighted by Gasteiger charge is -2.04. The van der Waals surface area contributed by atoms with Crippen LogP contribution in [0.5, 0.6) is 17.2 Å². The monoisotopic (exact) mass is 246 g/mol. The van der Waals surface area contributed by atoms with Crippen molar-refractivity contribution in [3.63, 3.8) is 0 Å². The smallest absolute Gasteiger partial charge is 0.121 e. The Morgan fingerprint density at radius 2 is 1.22 bits per heavy atom. The van der Waals surface area contributed by atoms with Crippen LogP contribution >= 0.6 is 0 Å². The van der Waals surface area contributed by atoms with E-state index in [-0.39, 0.29) is 11.5 Å². The summed E-state index contributed by atoms with van der Waals surface area (Å²) in [5.74, 6) is 0.606. The van der Waals surface area contributed by atoms with Gasteiger partial charge >= 0.3 is 0 Å². The molecule has 0 amide bonds. The van der Waals surface area contributed by atoms with Gasteiger partial charge in [0.15, 0.2) is 0 Å². The van der Waals surface area contributed by atoms with E-state index in [1.165, 1.54) is 18.2 Å². The molecule has 18 heavy (non-hydrogen) atoms. The molecule has 0 aromatic heterocycles. The fourth-order valence-electron chi connectivity index (χ4n) is 1.43. The highest BCUT2D eigenvalue weighted by molar-refractivity contribution is 5.43. The molecule has 2 aromatic rings. The Bertz CT molecular complexity index is 489. The summed E-state index contributed by atoms with van der Waals surface area (Å²) in [5.41, 5.74) is 3.08. The largest absolute Gasteiger partial charge is 0.508 e. The molecule has 0 bridgehead atoms. The van der Waals surface area contributed by atoms with Crippen LogP contribution < -0.4 is 0 Å². The van der Waals surface area contributed by atoms with Gasteiger partial charge in [0.1, 0.15) is 17.2 Å². The van der Waals surface area contributed by atoms with Gasteiger partial charge in [0.25, 0.3) is 0 Å². The summed E-state index contributed by atoms with van der Waals surface area (Å²) < 4.78 is 0. The second kappa shape index (κ2) is 5.96. The normalized spacial score (nSPS) is 9.50. The van der Waals surface area contributed by atoms with E-state index < -0.39 is 0 Å². The fraction of sp³-hybridized carbons (Fsp3) is 0.200. The number of aromatic hydroxyl groups is 3. The van der Waals surface area contributed by atoms with Gasteiger partial charge in [-0.3, -0.25) is 0 Å². The summed E-state index contributed by atoms with van der Waals surface area (Å²) in [5, 5.41) is 26.7. The first-order valence-corrected chi connectivity index (χ1v) is 5.65. The summed E-state index contributed by atoms with van der Waals surface area (Å²) in [6.45, 7) is 5.83. The highest BCUT2D eigenvalue weighted by atomic mass is 16.3. The average molecular weight is 246 g/mol. The van der Waals surface area contributed by atoms with Crippen molar-refractivity contribution in [3.8, 4) is 17.2 Å². The van der Waals surface area contributed by atoms with Crippen LogP contribution in [0.2, 0.25) is 0 Å². The molecule has 0 atom stereocenters. The molecule has 3 nitrogen and oxygen atoms in total. The number of hydrogen-bond acceptors (Lipinski definition) is 3. The van der Waals surface area contributed by atoms with E-state index in [1.807, 2.05) is 32.9 Å². The molecule has 2 aromatic carbocycles. The van der Waals surface area contributed by atoms with E-state index in [0.717, 1.165) is 16.7 Å². The Morgan fingerprint density at radius 1 is 0.722 bits per heavy atom. The standard InChI is InChI=1S/C9H12O.C6H6O2/c1-6-4-5-7(2)9(10)8(6)3;7-5-2-1-3-6(8)4-5/h4-5,10H,1-3H3;1-4,7-8H. The third-order valence-electron chi connectivity index (χ3n) is 2.73. The summed E-state index contributed by atoms with van der Waals surface area (Å²) in [4.78, 5) is 0. The molecular formula is C15H18O3. The van der Waals surface area contributed by atoms with E-state index in [4.69, 9.17) is 10.2 Å². The minimum absolute atomic E-state index is 0.0880. The first kappa shape index (κ1) is 13.9. The Morgan fingerprint density at radius 3 is 1.61 bits per heavy atom. The molecule has 0 aliphatic carbocycles. The molecule has 0 heterocycles. The zero-order valence-corrected chi connectivity index (χ0v) is 10.8. The zero-order chi connectivity index (χ0) is 13.7. The first-order chi connectivity index (χ1) is 8.41. The maximum atomic E-state index is 9.39. The van der Waals surface area contributed by atoms with Crippen LogP contribution in [0.3, 0.4) is 0 Å². The molecular weight excluding hydrogens is 228 g/mol. The lowest BCUT2D eigenvalue weighted by Crippen LogP contribution is -1.83. The maximum Gasteiger partial charge on any atom is 0.121 e. The van der Waals surface area contributed by atoms with Crippen molar-refractivity contribution in [2.75, 3.05) is 0 Å². The Hall–Kier alpha value is -2.16. The number of phenols is 3. The Balaban J connectivity index is 0.000000184. The maximum absolute atomic E-state index is 9.39. The van der Waals surface area contributed by atoms with E-state index in [9.17, 15) is 5.11 Å². The lowest BCUT2D eigenvalue weighted by molar-refractivity contribution is 0.450. The van der Waals surface area contributed by atoms with Gasteiger partial charge in [-0.25, -0.2) is 0 Å². The van der Waals surface area contributed by atoms with Gasteiger partial charge in [-0.05, 0) is 49.6 Å². The molecule has 3 heteroatoms. The van der Waals surface area contributed by atoms with Gasteiger partial charge in [-0.15, -0.1) is 0 Å². The quantitative estimate of drug-likeness (QED) is 0.667. The SMILES string of the molecule is Cc1ccc(C)c(O)c1C.Oc1cccc(O)c1. The number of benzene rings is 2. The topological polar surface area (TPSA) is 60.7 Å². The minimum Gasteiger partial charge on any atom is -0.508 e. The zero-order valence-electron chi connectivity index (χ0n) is 10.8. The first-order valence-electron chi connectivity index (χ1n) is 5.65. The molecule has 96 valence electrons. The molecule has 3 N–H and O–H groups in total. The lowest BCUT2D eigenvalue weighted by atomic mass is 10.1. The highest BCUT2D eigenvalue weighted by Gasteiger charge is 2.00. The number of phenolic OH excluding ortho intramolecular Hbond substituents is 3. The Kier molecular flexibility index (Phi) is 4.60. The van der Waals surface area contributed by atoms with Crippen LogP contribution in [0, 0.1) is 20.8 Å². The molecule has 0 spiro atoms. The Labute approximate surface area is 107 Å². The van der Waals surface area contributed by atoms with Crippen LogP contribution in [0.15, 0.2) is 36.4 Å². The summed E-state index contributed by atoms with van der Waals surface area (Å²) in [7, 11) is 0. The molecule has 0 aliphatic heterocycles. The number of hydrogen-bond donors (Lipinski definition) is 3. The molecule has 0 saturated heterocycles. The van der Waals surface area contributed by atoms with Crippen molar-refractivity contribution in [1.82, 2.24) is 0 Å². The van der Waals surface area contributed by atoms with Gasteiger partial charge in [-0.1, -0.05) is 18.2 Å². The third-order valence-corrected chi connectivity index (χ3v) is 2.73. The third kappa shape index (κ3) is 3.70. The minimum atomic E-state index is 0.0880. The van der Waals surface area contributed by atoms with E-state index in [0.29, 0.717) is 5.75 Å². The summed E-state index contributed by atoms with van der Waals surface area (Å²) in [6, 6.07) is 9.80. The molecule has 0 saturated carbocycles. The second-order valence-corrected chi connectivity index (χ2v) is 4.19. The van der Waals surface area contributed by atoms with E-state index >= 15 is 0 Å². The van der Waals surface area contributed by atoms with Gasteiger partial charge in [0.2, 0.25) is 0 Å². The van der Waals surface area contributed by atoms with Crippen molar-refractivity contribution in [2.45, 2.75) is 20.8 Å². The summed E-state index contributed by atoms with van der Waals surface area (Å²) in [6.07, 6.45) is 0. The van der Waals surface area contributed by atoms with Crippen LogP contribution in [-0.4, -0.2) is 15.3 Å². The van der Waals surface area contributed by atoms with Gasteiger partial charge in [0, 0.05) is 6.07 Å². The van der Waals surface area contributed by atoms with Crippen molar-refractivity contribution >= 4 is 0 Å². The van der Waals surface area contributed by atoms with E-state index in [1.54, 1.807) is 6.07 Å². The number of rotatable bonds is 0. The van der Waals surface area contributed by atoms with Gasteiger partial charge in [-0.2, -0.15) is 0 Å². The fourth-order valence-corrected chi connectivity index (χ4v) is 1.43. The van der Waals surface area contributed by atoms with Crippen molar-refractivity contribution in [2.24, 2.45) is 0 Å². The molecule has 0 fully saturated rings. The van der Waals surface area contributed by atoms with Crippen LogP contribution in [0.25, 0.3) is 0 Å². The molecule has 0 unspecified atom stereocenters. The second-order valence-electron chi connectivity index (χ2n) is 4.19. The molecule has 0 radical (unpaired) electrons. The van der Waals surface area contributed by atoms with Gasteiger partial charge in [0.05, 0.1) is 0 Å². The van der Waals surface area contributed by atoms with Crippen LogP contribution in [0.4, 0.5) is 0 Å². The number of aryl methyl sites for hydroxylation is 2. The molecule has 2 rings (SSSR count).